The number of aliphatic hydroxyl groups excluding tert-OH is 6. The van der Waals surface area contributed by atoms with Crippen LogP contribution < -0.4 is 0 Å². The van der Waals surface area contributed by atoms with Crippen LogP contribution in [-0.4, -0.2) is 99.8 Å². The quantitative estimate of drug-likeness (QED) is 0.172. The molecule has 0 spiro atoms. The largest absolute Gasteiger partial charge is 0.463 e. The SMILES string of the molecule is CC(=O)OC[C@@H]1O[C@@H](O[C@@H]2C[C@H](C)[C@](C)(CC/C(=C/CO)CO)[C@H]3CCC=C(CO)[C@@]32C)[C@H](O)[C@H](O)[C@H]1O. The number of rotatable bonds is 10. The van der Waals surface area contributed by atoms with E-state index in [2.05, 4.69) is 20.8 Å². The Morgan fingerprint density at radius 3 is 2.47 bits per heavy atom. The van der Waals surface area contributed by atoms with Gasteiger partial charge in [0.15, 0.2) is 6.29 Å². The molecule has 0 aromatic carbocycles. The molecular weight excluding hydrogens is 496 g/mol. The van der Waals surface area contributed by atoms with Gasteiger partial charge in [0.05, 0.1) is 25.9 Å². The number of aliphatic hydroxyl groups is 6. The van der Waals surface area contributed by atoms with Crippen LogP contribution in [0.15, 0.2) is 23.3 Å². The Balaban J connectivity index is 1.90. The fraction of sp³-hybridized carbons (Fsp3) is 0.821. The van der Waals surface area contributed by atoms with Crippen LogP contribution in [0.3, 0.4) is 0 Å². The summed E-state index contributed by atoms with van der Waals surface area (Å²) in [5.41, 5.74) is 0.864. The van der Waals surface area contributed by atoms with Crippen LogP contribution in [0, 0.1) is 22.7 Å². The first-order valence-electron chi connectivity index (χ1n) is 13.6. The van der Waals surface area contributed by atoms with E-state index >= 15 is 0 Å². The van der Waals surface area contributed by atoms with Gasteiger partial charge in [-0.15, -0.1) is 0 Å². The molecule has 2 fully saturated rings. The summed E-state index contributed by atoms with van der Waals surface area (Å²) >= 11 is 0. The lowest BCUT2D eigenvalue weighted by molar-refractivity contribution is -0.328. The average molecular weight is 543 g/mol. The first-order chi connectivity index (χ1) is 17.9. The average Bonchev–Trinajstić information content (AvgIpc) is 2.89. The number of ether oxygens (including phenoxy) is 3. The lowest BCUT2D eigenvalue weighted by Gasteiger charge is -2.61. The molecule has 1 aliphatic heterocycles. The third-order valence-electron chi connectivity index (χ3n) is 9.58. The molecule has 6 N–H and O–H groups in total. The fourth-order valence-electron chi connectivity index (χ4n) is 6.98. The Hall–Kier alpha value is -1.37. The summed E-state index contributed by atoms with van der Waals surface area (Å²) in [4.78, 5) is 11.3. The van der Waals surface area contributed by atoms with Gasteiger partial charge in [0.2, 0.25) is 0 Å². The summed E-state index contributed by atoms with van der Waals surface area (Å²) < 4.78 is 17.2. The van der Waals surface area contributed by atoms with Crippen LogP contribution in [0.25, 0.3) is 0 Å². The van der Waals surface area contributed by atoms with Crippen molar-refractivity contribution < 1.29 is 49.6 Å². The van der Waals surface area contributed by atoms with E-state index in [0.29, 0.717) is 12.8 Å². The van der Waals surface area contributed by atoms with Gasteiger partial charge < -0.3 is 44.8 Å². The molecule has 1 saturated heterocycles. The van der Waals surface area contributed by atoms with Crippen molar-refractivity contribution in [3.63, 3.8) is 0 Å². The van der Waals surface area contributed by atoms with Gasteiger partial charge in [-0.05, 0) is 60.5 Å². The highest BCUT2D eigenvalue weighted by Crippen LogP contribution is 2.63. The summed E-state index contributed by atoms with van der Waals surface area (Å²) in [6.45, 7) is 7.02. The van der Waals surface area contributed by atoms with E-state index in [1.807, 2.05) is 6.08 Å². The molecule has 10 heteroatoms. The van der Waals surface area contributed by atoms with E-state index in [4.69, 9.17) is 14.2 Å². The number of hydrogen-bond donors (Lipinski definition) is 6. The van der Waals surface area contributed by atoms with E-state index in [1.165, 1.54) is 6.92 Å². The molecule has 3 rings (SSSR count). The van der Waals surface area contributed by atoms with Gasteiger partial charge in [0.1, 0.15) is 31.0 Å². The van der Waals surface area contributed by atoms with E-state index in [1.54, 1.807) is 6.08 Å². The third kappa shape index (κ3) is 6.02. The monoisotopic (exact) mass is 542 g/mol. The Kier molecular flexibility index (Phi) is 10.6. The predicted molar refractivity (Wildman–Crippen MR) is 138 cm³/mol. The number of allylic oxidation sites excluding steroid dienone is 1. The first-order valence-corrected chi connectivity index (χ1v) is 13.6. The maximum Gasteiger partial charge on any atom is 0.302 e. The highest BCUT2D eigenvalue weighted by atomic mass is 16.7. The van der Waals surface area contributed by atoms with E-state index in [0.717, 1.165) is 30.4 Å². The molecule has 0 aromatic heterocycles. The minimum Gasteiger partial charge on any atom is -0.463 e. The zero-order valence-corrected chi connectivity index (χ0v) is 23.0. The zero-order chi connectivity index (χ0) is 28.3. The number of carbonyl (C=O) groups is 1. The molecule has 0 amide bonds. The maximum atomic E-state index is 11.3. The molecule has 218 valence electrons. The first kappa shape index (κ1) is 31.2. The summed E-state index contributed by atoms with van der Waals surface area (Å²) in [6.07, 6.45) is 0.00502. The maximum absolute atomic E-state index is 11.3. The standard InChI is InChI=1S/C28H46O10/c1-16-12-22(38-26-25(35)24(34)23(33)20(37-26)15-36-17(2)32)28(4)19(14-31)6-5-7-21(28)27(16,3)10-8-18(13-30)9-11-29/h6,9,16,20-26,29-31,33-35H,5,7-8,10-15H2,1-4H3/b18-9-/t16-,20-,21+,22+,23-,24+,25+,26-,27-,28-/m0/s1. The number of hydrogen-bond acceptors (Lipinski definition) is 10. The topological polar surface area (TPSA) is 166 Å². The Morgan fingerprint density at radius 2 is 1.87 bits per heavy atom. The van der Waals surface area contributed by atoms with Crippen molar-refractivity contribution in [1.29, 1.82) is 0 Å². The highest BCUT2D eigenvalue weighted by molar-refractivity contribution is 5.65. The molecule has 0 bridgehead atoms. The Morgan fingerprint density at radius 1 is 1.16 bits per heavy atom. The summed E-state index contributed by atoms with van der Waals surface area (Å²) in [5.74, 6) is -0.309. The van der Waals surface area contributed by atoms with Crippen LogP contribution in [0.5, 0.6) is 0 Å². The van der Waals surface area contributed by atoms with Crippen molar-refractivity contribution in [1.82, 2.24) is 0 Å². The second kappa shape index (κ2) is 12.9. The van der Waals surface area contributed by atoms with Crippen molar-refractivity contribution in [3.05, 3.63) is 23.3 Å². The second-order valence-electron chi connectivity index (χ2n) is 11.6. The summed E-state index contributed by atoms with van der Waals surface area (Å²) in [6, 6.07) is 0. The molecule has 0 unspecified atom stereocenters. The Labute approximate surface area is 224 Å². The molecular formula is C28H46O10. The third-order valence-corrected chi connectivity index (χ3v) is 9.58. The minimum atomic E-state index is -1.56. The van der Waals surface area contributed by atoms with Crippen LogP contribution in [-0.2, 0) is 19.0 Å². The lowest BCUT2D eigenvalue weighted by atomic mass is 9.45. The molecule has 0 aromatic rings. The number of carbonyl (C=O) groups excluding carboxylic acids is 1. The zero-order valence-electron chi connectivity index (χ0n) is 23.0. The fourth-order valence-corrected chi connectivity index (χ4v) is 6.98. The van der Waals surface area contributed by atoms with Gasteiger partial charge in [0, 0.05) is 12.3 Å². The molecule has 10 nitrogen and oxygen atoms in total. The number of esters is 1. The lowest BCUT2D eigenvalue weighted by Crippen LogP contribution is -2.63. The molecule has 0 radical (unpaired) electrons. The van der Waals surface area contributed by atoms with E-state index in [-0.39, 0.29) is 43.7 Å². The predicted octanol–water partition coefficient (Wildman–Crippen LogP) is 0.815. The van der Waals surface area contributed by atoms with Gasteiger partial charge >= 0.3 is 5.97 Å². The second-order valence-corrected chi connectivity index (χ2v) is 11.6. The van der Waals surface area contributed by atoms with Crippen molar-refractivity contribution in [2.24, 2.45) is 22.7 Å². The van der Waals surface area contributed by atoms with Crippen LogP contribution in [0.4, 0.5) is 0 Å². The van der Waals surface area contributed by atoms with Crippen molar-refractivity contribution in [2.45, 2.75) is 96.6 Å². The van der Waals surface area contributed by atoms with Crippen LogP contribution in [0.1, 0.15) is 59.8 Å². The minimum absolute atomic E-state index is 0.0954. The van der Waals surface area contributed by atoms with Gasteiger partial charge in [-0.3, -0.25) is 4.79 Å². The van der Waals surface area contributed by atoms with Gasteiger partial charge in [-0.1, -0.05) is 32.9 Å². The Bertz CT molecular complexity index is 874. The van der Waals surface area contributed by atoms with Crippen LogP contribution in [0.2, 0.25) is 0 Å². The molecule has 3 aliphatic rings. The summed E-state index contributed by atoms with van der Waals surface area (Å²) in [5, 5.41) is 61.0. The summed E-state index contributed by atoms with van der Waals surface area (Å²) in [7, 11) is 0. The smallest absolute Gasteiger partial charge is 0.302 e. The van der Waals surface area contributed by atoms with Gasteiger partial charge in [-0.25, -0.2) is 0 Å². The van der Waals surface area contributed by atoms with Crippen LogP contribution >= 0.6 is 0 Å². The van der Waals surface area contributed by atoms with Gasteiger partial charge in [0.25, 0.3) is 0 Å². The van der Waals surface area contributed by atoms with E-state index < -0.39 is 48.2 Å². The number of fused-ring (bicyclic) bond motifs is 1. The molecule has 38 heavy (non-hydrogen) atoms. The van der Waals surface area contributed by atoms with Crippen molar-refractivity contribution in [2.75, 3.05) is 26.4 Å². The molecule has 10 atom stereocenters. The molecule has 1 saturated carbocycles. The van der Waals surface area contributed by atoms with E-state index in [9.17, 15) is 35.4 Å². The highest BCUT2D eigenvalue weighted by Gasteiger charge is 2.60. The molecule has 2 aliphatic carbocycles. The molecule has 1 heterocycles. The normalized spacial score (nSPS) is 41.8. The van der Waals surface area contributed by atoms with Crippen molar-refractivity contribution in [3.8, 4) is 0 Å². The van der Waals surface area contributed by atoms with Gasteiger partial charge in [-0.2, -0.15) is 0 Å². The van der Waals surface area contributed by atoms with Crippen molar-refractivity contribution >= 4 is 5.97 Å².